The number of allylic oxidation sites excluding steroid dienone is 8. The summed E-state index contributed by atoms with van der Waals surface area (Å²) in [6.07, 6.45) is 10.4. The van der Waals surface area contributed by atoms with E-state index in [2.05, 4.69) is 93.9 Å². The lowest BCUT2D eigenvalue weighted by molar-refractivity contribution is -0.110. The van der Waals surface area contributed by atoms with Gasteiger partial charge >= 0.3 is 0 Å². The van der Waals surface area contributed by atoms with Crippen molar-refractivity contribution in [3.63, 3.8) is 0 Å². The van der Waals surface area contributed by atoms with Crippen molar-refractivity contribution in [2.45, 2.75) is 39.0 Å². The Kier molecular flexibility index (Phi) is 5.73. The van der Waals surface area contributed by atoms with E-state index in [9.17, 15) is 4.79 Å². The minimum Gasteiger partial charge on any atom is -0.344 e. The molecule has 0 saturated heterocycles. The SMILES string of the molecule is CCCCN1/C(=C\C=C2C=C(Br)C(=O)C(Br)=C2)C(C)(C)c2ccccc21. The van der Waals surface area contributed by atoms with Gasteiger partial charge in [-0.15, -0.1) is 0 Å². The molecular weight excluding hydrogens is 454 g/mol. The number of rotatable bonds is 4. The zero-order valence-electron chi connectivity index (χ0n) is 15.4. The summed E-state index contributed by atoms with van der Waals surface area (Å²) in [4.78, 5) is 14.3. The van der Waals surface area contributed by atoms with Crippen LogP contribution in [0.3, 0.4) is 0 Å². The van der Waals surface area contributed by atoms with Crippen LogP contribution in [0.5, 0.6) is 0 Å². The van der Waals surface area contributed by atoms with Crippen molar-refractivity contribution >= 4 is 43.3 Å². The summed E-state index contributed by atoms with van der Waals surface area (Å²) < 4.78 is 1.15. The molecule has 1 aromatic carbocycles. The monoisotopic (exact) mass is 475 g/mol. The van der Waals surface area contributed by atoms with E-state index in [-0.39, 0.29) is 11.2 Å². The van der Waals surface area contributed by atoms with E-state index in [0.717, 1.165) is 18.5 Å². The van der Waals surface area contributed by atoms with E-state index in [1.54, 1.807) is 0 Å². The predicted octanol–water partition coefficient (Wildman–Crippen LogP) is 6.53. The maximum Gasteiger partial charge on any atom is 0.206 e. The number of para-hydroxylation sites is 1. The maximum absolute atomic E-state index is 11.9. The average Bonchev–Trinajstić information content (AvgIpc) is 2.83. The molecule has 3 rings (SSSR count). The van der Waals surface area contributed by atoms with Crippen molar-refractivity contribution in [1.82, 2.24) is 0 Å². The Balaban J connectivity index is 2.03. The molecule has 0 unspecified atom stereocenters. The second-order valence-electron chi connectivity index (χ2n) is 7.18. The number of carbonyl (C=O) groups is 1. The van der Waals surface area contributed by atoms with Gasteiger partial charge in [0.25, 0.3) is 0 Å². The molecule has 0 atom stereocenters. The third kappa shape index (κ3) is 3.54. The Bertz CT molecular complexity index is 835. The molecule has 0 radical (unpaired) electrons. The molecular formula is C22H23Br2NO. The maximum atomic E-state index is 11.9. The van der Waals surface area contributed by atoms with Gasteiger partial charge in [-0.1, -0.05) is 51.5 Å². The van der Waals surface area contributed by atoms with Crippen molar-refractivity contribution in [2.24, 2.45) is 0 Å². The van der Waals surface area contributed by atoms with E-state index in [1.165, 1.54) is 23.4 Å². The fraction of sp³-hybridized carbons (Fsp3) is 0.318. The summed E-state index contributed by atoms with van der Waals surface area (Å²) in [7, 11) is 0. The van der Waals surface area contributed by atoms with Gasteiger partial charge in [-0.25, -0.2) is 0 Å². The van der Waals surface area contributed by atoms with Gasteiger partial charge in [-0.3, -0.25) is 4.79 Å². The molecule has 136 valence electrons. The molecule has 26 heavy (non-hydrogen) atoms. The largest absolute Gasteiger partial charge is 0.344 e. The van der Waals surface area contributed by atoms with E-state index >= 15 is 0 Å². The molecule has 0 amide bonds. The summed E-state index contributed by atoms with van der Waals surface area (Å²) in [5, 5.41) is 0. The topological polar surface area (TPSA) is 20.3 Å². The lowest BCUT2D eigenvalue weighted by Gasteiger charge is -2.27. The number of Topliss-reactive ketones (excluding diaryl/α,β-unsaturated/α-hetero) is 1. The first kappa shape index (κ1) is 19.4. The highest BCUT2D eigenvalue weighted by atomic mass is 79.9. The molecule has 2 nitrogen and oxygen atoms in total. The lowest BCUT2D eigenvalue weighted by Crippen LogP contribution is -2.27. The van der Waals surface area contributed by atoms with E-state index < -0.39 is 0 Å². The van der Waals surface area contributed by atoms with Gasteiger partial charge in [0, 0.05) is 23.3 Å². The molecule has 0 aromatic heterocycles. The van der Waals surface area contributed by atoms with Crippen molar-refractivity contribution < 1.29 is 4.79 Å². The van der Waals surface area contributed by atoms with Gasteiger partial charge in [0.2, 0.25) is 5.78 Å². The molecule has 4 heteroatoms. The zero-order chi connectivity index (χ0) is 18.9. The van der Waals surface area contributed by atoms with Crippen molar-refractivity contribution in [3.05, 3.63) is 74.4 Å². The Labute approximate surface area is 172 Å². The fourth-order valence-corrected chi connectivity index (χ4v) is 4.77. The average molecular weight is 477 g/mol. The highest BCUT2D eigenvalue weighted by molar-refractivity contribution is 9.13. The standard InChI is InChI=1S/C22H23Br2NO/c1-4-5-12-25-19-9-7-6-8-16(19)22(2,3)20(25)11-10-15-13-17(23)21(26)18(24)14-15/h6-11,13-14H,4-5,12H2,1-3H3/b20-11-. The molecule has 1 heterocycles. The Morgan fingerprint density at radius 2 is 1.73 bits per heavy atom. The molecule has 0 bridgehead atoms. The minimum atomic E-state index is -0.0478. The first-order valence-corrected chi connectivity index (χ1v) is 10.5. The molecule has 0 N–H and O–H groups in total. The summed E-state index contributed by atoms with van der Waals surface area (Å²) in [5.74, 6) is -0.0204. The van der Waals surface area contributed by atoms with Crippen LogP contribution in [0.15, 0.2) is 68.8 Å². The first-order valence-electron chi connectivity index (χ1n) is 8.95. The van der Waals surface area contributed by atoms with Gasteiger partial charge in [-0.2, -0.15) is 0 Å². The fourth-order valence-electron chi connectivity index (χ4n) is 3.55. The van der Waals surface area contributed by atoms with Crippen molar-refractivity contribution in [2.75, 3.05) is 11.4 Å². The highest BCUT2D eigenvalue weighted by Gasteiger charge is 2.39. The lowest BCUT2D eigenvalue weighted by atomic mass is 9.83. The number of benzene rings is 1. The van der Waals surface area contributed by atoms with Gasteiger partial charge in [0.15, 0.2) is 0 Å². The normalized spacial score (nSPS) is 20.2. The first-order chi connectivity index (χ1) is 12.4. The number of halogens is 2. The van der Waals surface area contributed by atoms with Crippen LogP contribution in [-0.2, 0) is 10.2 Å². The second kappa shape index (κ2) is 7.69. The summed E-state index contributed by atoms with van der Waals surface area (Å²) in [6, 6.07) is 8.68. The summed E-state index contributed by atoms with van der Waals surface area (Å²) >= 11 is 6.70. The van der Waals surface area contributed by atoms with Crippen LogP contribution in [0.4, 0.5) is 5.69 Å². The van der Waals surface area contributed by atoms with Crippen LogP contribution in [0.2, 0.25) is 0 Å². The zero-order valence-corrected chi connectivity index (χ0v) is 18.5. The molecule has 1 aliphatic heterocycles. The minimum absolute atomic E-state index is 0.0204. The number of anilines is 1. The van der Waals surface area contributed by atoms with Crippen molar-refractivity contribution in [1.29, 1.82) is 0 Å². The number of nitrogens with zero attached hydrogens (tertiary/aromatic N) is 1. The van der Waals surface area contributed by atoms with Crippen LogP contribution in [0, 0.1) is 0 Å². The number of unbranched alkanes of at least 4 members (excludes halogenated alkanes) is 1. The molecule has 1 aliphatic carbocycles. The predicted molar refractivity (Wildman–Crippen MR) is 117 cm³/mol. The molecule has 2 aliphatic rings. The third-order valence-electron chi connectivity index (χ3n) is 4.99. The number of fused-ring (bicyclic) bond motifs is 1. The van der Waals surface area contributed by atoms with Crippen LogP contribution in [-0.4, -0.2) is 12.3 Å². The van der Waals surface area contributed by atoms with E-state index in [1.807, 2.05) is 12.2 Å². The number of ketones is 1. The van der Waals surface area contributed by atoms with Crippen molar-refractivity contribution in [3.8, 4) is 0 Å². The van der Waals surface area contributed by atoms with Crippen LogP contribution >= 0.6 is 31.9 Å². The Morgan fingerprint density at radius 3 is 2.38 bits per heavy atom. The molecule has 1 aromatic rings. The quantitative estimate of drug-likeness (QED) is 0.491. The van der Waals surface area contributed by atoms with Crippen LogP contribution in [0.25, 0.3) is 0 Å². The Hall–Kier alpha value is -1.39. The summed E-state index contributed by atoms with van der Waals surface area (Å²) in [5.41, 5.74) is 4.92. The molecule has 0 spiro atoms. The number of hydrogen-bond acceptors (Lipinski definition) is 2. The Morgan fingerprint density at radius 1 is 1.08 bits per heavy atom. The third-order valence-corrected chi connectivity index (χ3v) is 6.17. The smallest absolute Gasteiger partial charge is 0.206 e. The van der Waals surface area contributed by atoms with Crippen LogP contribution in [0.1, 0.15) is 39.2 Å². The van der Waals surface area contributed by atoms with Crippen LogP contribution < -0.4 is 4.90 Å². The molecule has 0 fully saturated rings. The van der Waals surface area contributed by atoms with Gasteiger partial charge in [0.05, 0.1) is 8.96 Å². The van der Waals surface area contributed by atoms with Gasteiger partial charge < -0.3 is 4.90 Å². The summed E-state index contributed by atoms with van der Waals surface area (Å²) in [6.45, 7) is 7.81. The van der Waals surface area contributed by atoms with Gasteiger partial charge in [-0.05, 0) is 73.7 Å². The molecule has 0 saturated carbocycles. The van der Waals surface area contributed by atoms with Gasteiger partial charge in [0.1, 0.15) is 0 Å². The number of carbonyl (C=O) groups excluding carboxylic acids is 1. The second-order valence-corrected chi connectivity index (χ2v) is 8.89. The number of hydrogen-bond donors (Lipinski definition) is 0. The van der Waals surface area contributed by atoms with E-state index in [0.29, 0.717) is 8.96 Å². The highest BCUT2D eigenvalue weighted by Crippen LogP contribution is 2.47. The van der Waals surface area contributed by atoms with E-state index in [4.69, 9.17) is 0 Å².